The fourth-order valence-corrected chi connectivity index (χ4v) is 2.04. The molecule has 0 unspecified atom stereocenters. The molecule has 0 bridgehead atoms. The average molecular weight is 339 g/mol. The lowest BCUT2D eigenvalue weighted by atomic mass is 9.81. The maximum atomic E-state index is 11.7. The third-order valence-electron chi connectivity index (χ3n) is 2.80. The maximum absolute atomic E-state index is 11.7. The van der Waals surface area contributed by atoms with Crippen LogP contribution in [-0.2, 0) is 9.53 Å². The molecule has 1 aromatic rings. The van der Waals surface area contributed by atoms with Gasteiger partial charge in [-0.25, -0.2) is 0 Å². The maximum Gasteiger partial charge on any atom is 0.313 e. The fraction of sp³-hybridized carbons (Fsp3) is 0.417. The van der Waals surface area contributed by atoms with Gasteiger partial charge in [0.15, 0.2) is 0 Å². The number of carbonyl (C=O) groups excluding carboxylic acids is 1. The van der Waals surface area contributed by atoms with Gasteiger partial charge in [-0.1, -0.05) is 15.9 Å². The number of phenols is 1. The van der Waals surface area contributed by atoms with Crippen LogP contribution in [0.5, 0.6) is 5.75 Å². The predicted octanol–water partition coefficient (Wildman–Crippen LogP) is 2.78. The largest absolute Gasteiger partial charge is 0.508 e. The van der Waals surface area contributed by atoms with Crippen molar-refractivity contribution in [3.05, 3.63) is 28.2 Å². The van der Waals surface area contributed by atoms with E-state index >= 15 is 0 Å². The molecule has 102 valence electrons. The second-order valence-corrected chi connectivity index (χ2v) is 5.25. The number of carbonyl (C=O) groups is 1. The molecular weight excluding hydrogens is 321 g/mol. The number of ether oxygens (including phenoxy) is 1. The van der Waals surface area contributed by atoms with Crippen molar-refractivity contribution in [1.29, 1.82) is 0 Å². The lowest BCUT2D eigenvalue weighted by molar-refractivity contribution is -0.152. The van der Waals surface area contributed by atoms with E-state index in [-0.39, 0.29) is 24.1 Å². The van der Waals surface area contributed by atoms with Crippen molar-refractivity contribution in [1.82, 2.24) is 0 Å². The summed E-state index contributed by atoms with van der Waals surface area (Å²) in [5, 5.41) is 9.46. The van der Waals surface area contributed by atoms with E-state index in [1.165, 1.54) is 7.11 Å². The normalized spacial score (nSPS) is 12.5. The Morgan fingerprint density at radius 1 is 1.50 bits per heavy atom. The van der Waals surface area contributed by atoms with Crippen LogP contribution < -0.4 is 5.73 Å². The zero-order valence-corrected chi connectivity index (χ0v) is 12.8. The summed E-state index contributed by atoms with van der Waals surface area (Å²) in [6.07, 6.45) is 0. The highest BCUT2D eigenvalue weighted by Gasteiger charge is 2.37. The van der Waals surface area contributed by atoms with Crippen molar-refractivity contribution in [3.8, 4) is 5.75 Å². The Labute approximate surface area is 121 Å². The van der Waals surface area contributed by atoms with Crippen LogP contribution in [0, 0.1) is 5.41 Å². The van der Waals surface area contributed by atoms with Crippen LogP contribution in [0.1, 0.15) is 25.5 Å². The third kappa shape index (κ3) is 3.37. The van der Waals surface area contributed by atoms with Gasteiger partial charge < -0.3 is 15.6 Å². The second-order valence-electron chi connectivity index (χ2n) is 4.40. The summed E-state index contributed by atoms with van der Waals surface area (Å²) in [5.41, 5.74) is 5.87. The molecule has 18 heavy (non-hydrogen) atoms. The summed E-state index contributed by atoms with van der Waals surface area (Å²) < 4.78 is 5.48. The zero-order valence-electron chi connectivity index (χ0n) is 10.4. The van der Waals surface area contributed by atoms with Crippen LogP contribution in [0.25, 0.3) is 0 Å². The first-order valence-corrected chi connectivity index (χ1v) is 5.92. The Kier molecular flexibility index (Phi) is 6.13. The topological polar surface area (TPSA) is 72.5 Å². The molecule has 0 aromatic heterocycles. The summed E-state index contributed by atoms with van der Waals surface area (Å²) in [7, 11) is 1.33. The van der Waals surface area contributed by atoms with Gasteiger partial charge in [-0.15, -0.1) is 12.4 Å². The van der Waals surface area contributed by atoms with Crippen molar-refractivity contribution in [2.45, 2.75) is 19.9 Å². The van der Waals surface area contributed by atoms with Gasteiger partial charge in [-0.3, -0.25) is 4.79 Å². The Balaban J connectivity index is 0.00000289. The Bertz CT molecular complexity index is 437. The van der Waals surface area contributed by atoms with E-state index in [9.17, 15) is 9.90 Å². The van der Waals surface area contributed by atoms with E-state index in [1.807, 2.05) is 0 Å². The number of nitrogens with two attached hydrogens (primary N) is 1. The summed E-state index contributed by atoms with van der Waals surface area (Å²) in [5.74, 6) is -0.278. The van der Waals surface area contributed by atoms with Crippen molar-refractivity contribution in [2.75, 3.05) is 7.11 Å². The van der Waals surface area contributed by atoms with Crippen LogP contribution >= 0.6 is 28.3 Å². The molecule has 0 saturated heterocycles. The average Bonchev–Trinajstić information content (AvgIpc) is 2.30. The van der Waals surface area contributed by atoms with Gasteiger partial charge in [0.2, 0.25) is 0 Å². The van der Waals surface area contributed by atoms with Crippen molar-refractivity contribution < 1.29 is 14.6 Å². The number of methoxy groups -OCH3 is 1. The Morgan fingerprint density at radius 2 is 2.06 bits per heavy atom. The van der Waals surface area contributed by atoms with Gasteiger partial charge in [0, 0.05) is 10.5 Å². The first-order valence-electron chi connectivity index (χ1n) is 5.13. The number of hydrogen-bond donors (Lipinski definition) is 2. The second kappa shape index (κ2) is 6.41. The monoisotopic (exact) mass is 337 g/mol. The van der Waals surface area contributed by atoms with Gasteiger partial charge in [0.25, 0.3) is 0 Å². The number of halogens is 2. The van der Waals surface area contributed by atoms with Crippen molar-refractivity contribution in [3.63, 3.8) is 0 Å². The van der Waals surface area contributed by atoms with Gasteiger partial charge in [0.05, 0.1) is 12.5 Å². The number of hydrogen-bond acceptors (Lipinski definition) is 4. The highest BCUT2D eigenvalue weighted by atomic mass is 79.9. The van der Waals surface area contributed by atoms with Gasteiger partial charge >= 0.3 is 5.97 Å². The molecule has 0 radical (unpaired) electrons. The molecule has 0 saturated carbocycles. The summed E-state index contributed by atoms with van der Waals surface area (Å²) in [6.45, 7) is 3.42. The molecule has 0 fully saturated rings. The Hall–Kier alpha value is -0.780. The number of phenolic OH excluding ortho intramolecular Hbond substituents is 1. The first-order chi connectivity index (χ1) is 7.80. The smallest absolute Gasteiger partial charge is 0.313 e. The van der Waals surface area contributed by atoms with Gasteiger partial charge in [-0.2, -0.15) is 0 Å². The molecular formula is C12H17BrClNO3. The van der Waals surface area contributed by atoms with E-state index in [0.717, 1.165) is 4.47 Å². The molecule has 1 rings (SSSR count). The highest BCUT2D eigenvalue weighted by Crippen LogP contribution is 2.37. The van der Waals surface area contributed by atoms with Crippen LogP contribution in [0.3, 0.4) is 0 Å². The van der Waals surface area contributed by atoms with Gasteiger partial charge in [-0.05, 0) is 37.6 Å². The minimum absolute atomic E-state index is 0. The number of rotatable bonds is 3. The molecule has 3 N–H and O–H groups in total. The SMILES string of the molecule is COC(=O)C(C)(C)[C@H](N)c1cc(O)ccc1Br.Cl. The van der Waals surface area contributed by atoms with Crippen molar-refractivity contribution in [2.24, 2.45) is 11.1 Å². The third-order valence-corrected chi connectivity index (χ3v) is 3.53. The van der Waals surface area contributed by atoms with E-state index in [1.54, 1.807) is 32.0 Å². The lowest BCUT2D eigenvalue weighted by Gasteiger charge is -2.29. The molecule has 0 amide bonds. The van der Waals surface area contributed by atoms with E-state index in [4.69, 9.17) is 10.5 Å². The van der Waals surface area contributed by atoms with Crippen molar-refractivity contribution >= 4 is 34.3 Å². The molecule has 0 heterocycles. The summed E-state index contributed by atoms with van der Waals surface area (Å²) >= 11 is 3.35. The molecule has 0 aliphatic heterocycles. The summed E-state index contributed by atoms with van der Waals surface area (Å²) in [6, 6.07) is 4.21. The van der Waals surface area contributed by atoms with E-state index in [2.05, 4.69) is 15.9 Å². The zero-order chi connectivity index (χ0) is 13.2. The van der Waals surface area contributed by atoms with E-state index < -0.39 is 11.5 Å². The summed E-state index contributed by atoms with van der Waals surface area (Å²) in [4.78, 5) is 11.7. The molecule has 0 aliphatic carbocycles. The minimum atomic E-state index is -0.870. The molecule has 4 nitrogen and oxygen atoms in total. The minimum Gasteiger partial charge on any atom is -0.508 e. The number of esters is 1. The van der Waals surface area contributed by atoms with Crippen LogP contribution in [0.15, 0.2) is 22.7 Å². The van der Waals surface area contributed by atoms with E-state index in [0.29, 0.717) is 5.56 Å². The lowest BCUT2D eigenvalue weighted by Crippen LogP contribution is -2.37. The molecule has 0 aliphatic rings. The predicted molar refractivity (Wildman–Crippen MR) is 75.8 cm³/mol. The number of benzene rings is 1. The van der Waals surface area contributed by atoms with Gasteiger partial charge in [0.1, 0.15) is 5.75 Å². The Morgan fingerprint density at radius 3 is 2.56 bits per heavy atom. The quantitative estimate of drug-likeness (QED) is 0.831. The highest BCUT2D eigenvalue weighted by molar-refractivity contribution is 9.10. The molecule has 1 atom stereocenters. The molecule has 0 spiro atoms. The number of aromatic hydroxyl groups is 1. The van der Waals surface area contributed by atoms with Crippen LogP contribution in [-0.4, -0.2) is 18.2 Å². The first kappa shape index (κ1) is 17.2. The van der Waals surface area contributed by atoms with Crippen LogP contribution in [0.4, 0.5) is 0 Å². The molecule has 6 heteroatoms. The van der Waals surface area contributed by atoms with Crippen LogP contribution in [0.2, 0.25) is 0 Å². The molecule has 1 aromatic carbocycles. The standard InChI is InChI=1S/C12H16BrNO3.ClH/c1-12(2,11(16)17-3)10(14)8-6-7(15)4-5-9(8)13;/h4-6,10,15H,14H2,1-3H3;1H/t10-;/m1./s1. The fourth-order valence-electron chi connectivity index (χ4n) is 1.55.